The third-order valence-electron chi connectivity index (χ3n) is 6.25. The summed E-state index contributed by atoms with van der Waals surface area (Å²) < 4.78 is 40.9. The van der Waals surface area contributed by atoms with Gasteiger partial charge in [0.1, 0.15) is 4.88 Å². The van der Waals surface area contributed by atoms with Gasteiger partial charge in [0.15, 0.2) is 0 Å². The molecule has 2 aromatic heterocycles. The molecule has 2 atom stereocenters. The highest BCUT2D eigenvalue weighted by molar-refractivity contribution is 7.16. The largest absolute Gasteiger partial charge is 0.425 e. The van der Waals surface area contributed by atoms with E-state index in [0.29, 0.717) is 37.8 Å². The minimum absolute atomic E-state index is 0.121. The molecule has 2 aliphatic rings. The molecular formula is C22H28F3N3OS2. The van der Waals surface area contributed by atoms with Crippen LogP contribution in [-0.4, -0.2) is 19.1 Å². The first kappa shape index (κ1) is 22.6. The van der Waals surface area contributed by atoms with Crippen LogP contribution in [0.5, 0.6) is 0 Å². The molecule has 2 amide bonds. The van der Waals surface area contributed by atoms with Gasteiger partial charge in [-0.25, -0.2) is 4.79 Å². The van der Waals surface area contributed by atoms with Crippen LogP contribution in [0.4, 0.5) is 23.0 Å². The number of alkyl halides is 3. The second kappa shape index (κ2) is 8.75. The van der Waals surface area contributed by atoms with Crippen molar-refractivity contribution in [3.05, 3.63) is 36.9 Å². The van der Waals surface area contributed by atoms with Gasteiger partial charge in [0.2, 0.25) is 0 Å². The highest BCUT2D eigenvalue weighted by atomic mass is 32.1. The molecule has 4 rings (SSSR count). The van der Waals surface area contributed by atoms with Gasteiger partial charge in [0, 0.05) is 16.3 Å². The van der Waals surface area contributed by atoms with Crippen LogP contribution in [-0.2, 0) is 32.0 Å². The third kappa shape index (κ3) is 4.64. The molecule has 0 spiro atoms. The topological polar surface area (TPSA) is 53.2 Å². The molecule has 170 valence electrons. The summed E-state index contributed by atoms with van der Waals surface area (Å²) in [4.78, 5) is 14.1. The maximum absolute atomic E-state index is 13.6. The van der Waals surface area contributed by atoms with Crippen molar-refractivity contribution in [1.29, 1.82) is 0 Å². The summed E-state index contributed by atoms with van der Waals surface area (Å²) in [6.45, 7) is 7.68. The normalized spacial score (nSPS) is 21.2. The molecule has 0 saturated heterocycles. The Kier molecular flexibility index (Phi) is 6.38. The zero-order valence-corrected chi connectivity index (χ0v) is 19.6. The van der Waals surface area contributed by atoms with E-state index in [1.165, 1.54) is 10.4 Å². The van der Waals surface area contributed by atoms with Crippen LogP contribution in [0.1, 0.15) is 63.1 Å². The number of thiophene rings is 2. The molecule has 3 N–H and O–H groups in total. The number of nitrogens with one attached hydrogen (secondary N) is 3. The summed E-state index contributed by atoms with van der Waals surface area (Å²) >= 11 is 2.42. The van der Waals surface area contributed by atoms with Gasteiger partial charge in [-0.1, -0.05) is 13.8 Å². The number of urea groups is 1. The van der Waals surface area contributed by atoms with E-state index in [1.807, 2.05) is 6.92 Å². The van der Waals surface area contributed by atoms with Crippen LogP contribution in [0.25, 0.3) is 0 Å². The predicted octanol–water partition coefficient (Wildman–Crippen LogP) is 5.83. The average molecular weight is 472 g/mol. The number of rotatable bonds is 3. The van der Waals surface area contributed by atoms with E-state index in [9.17, 15) is 18.0 Å². The quantitative estimate of drug-likeness (QED) is 0.527. The van der Waals surface area contributed by atoms with Gasteiger partial charge in [-0.15, -0.1) is 22.7 Å². The molecule has 3 heterocycles. The molecule has 2 unspecified atom stereocenters. The fourth-order valence-electron chi connectivity index (χ4n) is 4.80. The number of fused-ring (bicyclic) bond motifs is 2. The van der Waals surface area contributed by atoms with Gasteiger partial charge in [-0.3, -0.25) is 5.32 Å². The van der Waals surface area contributed by atoms with Crippen LogP contribution < -0.4 is 16.0 Å². The van der Waals surface area contributed by atoms with E-state index >= 15 is 0 Å². The first-order chi connectivity index (χ1) is 14.6. The molecule has 31 heavy (non-hydrogen) atoms. The highest BCUT2D eigenvalue weighted by Crippen LogP contribution is 2.45. The lowest BCUT2D eigenvalue weighted by atomic mass is 9.82. The molecule has 0 aromatic carbocycles. The van der Waals surface area contributed by atoms with Gasteiger partial charge >= 0.3 is 12.2 Å². The Balaban J connectivity index is 1.50. The standard InChI is InChI=1S/C22H28F3N3OS2/c1-11-8-12(2)18-15(9-11)13(3)20(31-18)28-21(29)27-10-16-14-4-6-26-7-5-17(14)30-19(16)22(23,24)25/h11-12,26H,4-10H2,1-3H3,(H2,27,28,29). The summed E-state index contributed by atoms with van der Waals surface area (Å²) in [6.07, 6.45) is -1.13. The molecule has 0 bridgehead atoms. The number of hydrogen-bond acceptors (Lipinski definition) is 4. The van der Waals surface area contributed by atoms with Crippen molar-refractivity contribution in [1.82, 2.24) is 10.6 Å². The summed E-state index contributed by atoms with van der Waals surface area (Å²) in [5.41, 5.74) is 3.37. The molecule has 1 aliphatic carbocycles. The molecule has 0 saturated carbocycles. The minimum atomic E-state index is -4.41. The number of carbonyl (C=O) groups is 1. The fraction of sp³-hybridized carbons (Fsp3) is 0.591. The Morgan fingerprint density at radius 1 is 1.16 bits per heavy atom. The molecule has 0 fully saturated rings. The summed E-state index contributed by atoms with van der Waals surface area (Å²) in [7, 11) is 0. The van der Waals surface area contributed by atoms with Gasteiger partial charge in [-0.2, -0.15) is 13.2 Å². The second-order valence-electron chi connectivity index (χ2n) is 8.71. The van der Waals surface area contributed by atoms with Crippen LogP contribution in [0.3, 0.4) is 0 Å². The van der Waals surface area contributed by atoms with Gasteiger partial charge in [0.25, 0.3) is 0 Å². The zero-order valence-electron chi connectivity index (χ0n) is 18.0. The summed E-state index contributed by atoms with van der Waals surface area (Å²) in [6, 6.07) is -0.456. The third-order valence-corrected chi connectivity index (χ3v) is 9.11. The predicted molar refractivity (Wildman–Crippen MR) is 120 cm³/mol. The molecule has 9 heteroatoms. The van der Waals surface area contributed by atoms with Gasteiger partial charge in [-0.05, 0) is 79.8 Å². The van der Waals surface area contributed by atoms with Crippen molar-refractivity contribution in [3.63, 3.8) is 0 Å². The molecule has 2 aromatic rings. The Morgan fingerprint density at radius 3 is 2.65 bits per heavy atom. The number of carbonyl (C=O) groups excluding carboxylic acids is 1. The van der Waals surface area contributed by atoms with E-state index < -0.39 is 17.1 Å². The van der Waals surface area contributed by atoms with Crippen LogP contribution in [0.15, 0.2) is 0 Å². The van der Waals surface area contributed by atoms with Crippen molar-refractivity contribution >= 4 is 33.7 Å². The van der Waals surface area contributed by atoms with Crippen molar-refractivity contribution < 1.29 is 18.0 Å². The Labute approximate surface area is 188 Å². The summed E-state index contributed by atoms with van der Waals surface area (Å²) in [5, 5.41) is 9.61. The SMILES string of the molecule is Cc1c(NC(=O)NCc2c(C(F)(F)F)sc3c2CCNCC3)sc2c1CC(C)CC2C. The van der Waals surface area contributed by atoms with Crippen molar-refractivity contribution in [3.8, 4) is 0 Å². The van der Waals surface area contributed by atoms with Crippen molar-refractivity contribution in [2.75, 3.05) is 18.4 Å². The van der Waals surface area contributed by atoms with Gasteiger partial charge < -0.3 is 10.6 Å². The lowest BCUT2D eigenvalue weighted by Crippen LogP contribution is -2.29. The number of amides is 2. The van der Waals surface area contributed by atoms with E-state index in [2.05, 4.69) is 29.8 Å². The number of anilines is 1. The zero-order chi connectivity index (χ0) is 22.3. The fourth-order valence-corrected chi connectivity index (χ4v) is 7.33. The van der Waals surface area contributed by atoms with Crippen LogP contribution in [0.2, 0.25) is 0 Å². The van der Waals surface area contributed by atoms with Crippen LogP contribution in [0, 0.1) is 12.8 Å². The smallest absolute Gasteiger partial charge is 0.334 e. The van der Waals surface area contributed by atoms with E-state index in [-0.39, 0.29) is 12.1 Å². The van der Waals surface area contributed by atoms with E-state index in [0.717, 1.165) is 45.2 Å². The van der Waals surface area contributed by atoms with E-state index in [4.69, 9.17) is 0 Å². The average Bonchev–Trinajstić information content (AvgIpc) is 3.08. The maximum atomic E-state index is 13.6. The van der Waals surface area contributed by atoms with Crippen LogP contribution >= 0.6 is 22.7 Å². The lowest BCUT2D eigenvalue weighted by molar-refractivity contribution is -0.135. The van der Waals surface area contributed by atoms with E-state index in [1.54, 1.807) is 11.3 Å². The Morgan fingerprint density at radius 2 is 1.90 bits per heavy atom. The minimum Gasteiger partial charge on any atom is -0.334 e. The first-order valence-electron chi connectivity index (χ1n) is 10.7. The molecular weight excluding hydrogens is 443 g/mol. The Bertz CT molecular complexity index is 980. The highest BCUT2D eigenvalue weighted by Gasteiger charge is 2.38. The first-order valence-corrected chi connectivity index (χ1v) is 12.4. The summed E-state index contributed by atoms with van der Waals surface area (Å²) in [5.74, 6) is 1.08. The maximum Gasteiger partial charge on any atom is 0.425 e. The number of halogens is 3. The second-order valence-corrected chi connectivity index (χ2v) is 10.9. The van der Waals surface area contributed by atoms with Crippen molar-refractivity contribution in [2.24, 2.45) is 5.92 Å². The Hall–Kier alpha value is -1.58. The monoisotopic (exact) mass is 471 g/mol. The molecule has 1 aliphatic heterocycles. The molecule has 4 nitrogen and oxygen atoms in total. The van der Waals surface area contributed by atoms with Crippen molar-refractivity contribution in [2.45, 2.75) is 65.1 Å². The molecule has 0 radical (unpaired) electrons. The lowest BCUT2D eigenvalue weighted by Gasteiger charge is -2.24. The van der Waals surface area contributed by atoms with Gasteiger partial charge in [0.05, 0.1) is 5.00 Å². The number of hydrogen-bond donors (Lipinski definition) is 3.